The number of benzene rings is 1. The molecule has 0 spiro atoms. The molecule has 0 unspecified atom stereocenters. The number of rotatable bonds is 1. The van der Waals surface area contributed by atoms with Gasteiger partial charge in [-0.25, -0.2) is 9.07 Å². The molecule has 0 bridgehead atoms. The van der Waals surface area contributed by atoms with E-state index < -0.39 is 5.82 Å². The Morgan fingerprint density at radius 3 is 2.71 bits per heavy atom. The lowest BCUT2D eigenvalue weighted by molar-refractivity contribution is 0.631. The molecule has 74 valence electrons. The van der Waals surface area contributed by atoms with E-state index in [0.717, 1.165) is 0 Å². The minimum Gasteiger partial charge on any atom is -0.396 e. The third-order valence-electron chi connectivity index (χ3n) is 1.67. The molecule has 6 heteroatoms. The maximum absolute atomic E-state index is 12.8. The molecule has 0 aliphatic carbocycles. The van der Waals surface area contributed by atoms with Crippen molar-refractivity contribution in [2.75, 3.05) is 5.73 Å². The molecule has 0 saturated heterocycles. The Morgan fingerprint density at radius 1 is 1.36 bits per heavy atom. The first-order valence-corrected chi connectivity index (χ1v) is 3.69. The van der Waals surface area contributed by atoms with Gasteiger partial charge in [0.25, 0.3) is 0 Å². The van der Waals surface area contributed by atoms with Crippen molar-refractivity contribution >= 4 is 18.1 Å². The van der Waals surface area contributed by atoms with E-state index in [-0.39, 0.29) is 18.1 Å². The van der Waals surface area contributed by atoms with Gasteiger partial charge in [0.1, 0.15) is 5.82 Å². The Bertz CT molecular complexity index is 415. The van der Waals surface area contributed by atoms with Gasteiger partial charge in [-0.05, 0) is 18.2 Å². The lowest BCUT2D eigenvalue weighted by Gasteiger charge is -2.01. The third kappa shape index (κ3) is 1.82. The fourth-order valence-corrected chi connectivity index (χ4v) is 1.02. The second-order valence-electron chi connectivity index (χ2n) is 2.55. The lowest BCUT2D eigenvalue weighted by atomic mass is 10.3. The maximum atomic E-state index is 12.8. The van der Waals surface area contributed by atoms with E-state index in [1.54, 1.807) is 18.5 Å². The van der Waals surface area contributed by atoms with E-state index in [2.05, 4.69) is 10.3 Å². The minimum atomic E-state index is -0.427. The highest BCUT2D eigenvalue weighted by molar-refractivity contribution is 5.85. The third-order valence-corrected chi connectivity index (χ3v) is 1.67. The standard InChI is InChI=1S/C8H7FN4.ClH/c9-7-2-1-6(5-8(7)10)13-4-3-11-12-13;/h1-5H,10H2;1H. The fourth-order valence-electron chi connectivity index (χ4n) is 1.02. The van der Waals surface area contributed by atoms with Gasteiger partial charge in [-0.15, -0.1) is 17.5 Å². The number of aromatic nitrogens is 3. The number of nitrogen functional groups attached to an aromatic ring is 1. The number of hydrogen-bond acceptors (Lipinski definition) is 3. The van der Waals surface area contributed by atoms with Crippen LogP contribution in [0.3, 0.4) is 0 Å². The molecule has 14 heavy (non-hydrogen) atoms. The highest BCUT2D eigenvalue weighted by atomic mass is 35.5. The van der Waals surface area contributed by atoms with Crippen molar-refractivity contribution in [3.05, 3.63) is 36.4 Å². The molecule has 1 heterocycles. The van der Waals surface area contributed by atoms with Crippen LogP contribution in [0.2, 0.25) is 0 Å². The van der Waals surface area contributed by atoms with Gasteiger partial charge < -0.3 is 5.73 Å². The molecule has 2 rings (SSSR count). The first kappa shape index (κ1) is 10.5. The van der Waals surface area contributed by atoms with Crippen molar-refractivity contribution in [3.8, 4) is 5.69 Å². The molecule has 0 fully saturated rings. The van der Waals surface area contributed by atoms with E-state index in [1.807, 2.05) is 0 Å². The molecule has 0 amide bonds. The zero-order valence-corrected chi connectivity index (χ0v) is 7.91. The predicted molar refractivity (Wildman–Crippen MR) is 53.0 cm³/mol. The Morgan fingerprint density at radius 2 is 2.14 bits per heavy atom. The first-order valence-electron chi connectivity index (χ1n) is 3.69. The van der Waals surface area contributed by atoms with Crippen molar-refractivity contribution in [3.63, 3.8) is 0 Å². The van der Waals surface area contributed by atoms with E-state index in [9.17, 15) is 4.39 Å². The molecule has 0 radical (unpaired) electrons. The molecular weight excluding hydrogens is 207 g/mol. The lowest BCUT2D eigenvalue weighted by Crippen LogP contribution is -1.98. The van der Waals surface area contributed by atoms with Crippen LogP contribution in [-0.2, 0) is 0 Å². The number of hydrogen-bond donors (Lipinski definition) is 1. The number of anilines is 1. The molecular formula is C8H8ClFN4. The Labute approximate surface area is 85.9 Å². The van der Waals surface area contributed by atoms with E-state index >= 15 is 0 Å². The van der Waals surface area contributed by atoms with Crippen LogP contribution in [-0.4, -0.2) is 15.0 Å². The van der Waals surface area contributed by atoms with Crippen molar-refractivity contribution in [1.82, 2.24) is 15.0 Å². The summed E-state index contributed by atoms with van der Waals surface area (Å²) in [6, 6.07) is 4.39. The van der Waals surface area contributed by atoms with Gasteiger partial charge in [0.05, 0.1) is 23.8 Å². The second-order valence-corrected chi connectivity index (χ2v) is 2.55. The molecule has 1 aromatic carbocycles. The highest BCUT2D eigenvalue weighted by Gasteiger charge is 2.01. The van der Waals surface area contributed by atoms with Crippen LogP contribution in [0, 0.1) is 5.82 Å². The van der Waals surface area contributed by atoms with Crippen LogP contribution in [0.15, 0.2) is 30.6 Å². The summed E-state index contributed by atoms with van der Waals surface area (Å²) in [4.78, 5) is 0. The van der Waals surface area contributed by atoms with Crippen LogP contribution in [0.5, 0.6) is 0 Å². The minimum absolute atomic E-state index is 0. The van der Waals surface area contributed by atoms with Crippen LogP contribution in [0.4, 0.5) is 10.1 Å². The number of halogens is 2. The molecule has 2 N–H and O–H groups in total. The quantitative estimate of drug-likeness (QED) is 0.731. The monoisotopic (exact) mass is 214 g/mol. The van der Waals surface area contributed by atoms with Gasteiger partial charge in [0.15, 0.2) is 0 Å². The highest BCUT2D eigenvalue weighted by Crippen LogP contribution is 2.14. The zero-order valence-electron chi connectivity index (χ0n) is 7.09. The molecule has 4 nitrogen and oxygen atoms in total. The summed E-state index contributed by atoms with van der Waals surface area (Å²) in [6.45, 7) is 0. The van der Waals surface area contributed by atoms with E-state index in [1.165, 1.54) is 16.8 Å². The van der Waals surface area contributed by atoms with E-state index in [0.29, 0.717) is 5.69 Å². The molecule has 0 atom stereocenters. The Hall–Kier alpha value is -1.62. The van der Waals surface area contributed by atoms with Crippen LogP contribution in [0.25, 0.3) is 5.69 Å². The fraction of sp³-hybridized carbons (Fsp3) is 0. The summed E-state index contributed by atoms with van der Waals surface area (Å²) in [6.07, 6.45) is 3.20. The summed E-state index contributed by atoms with van der Waals surface area (Å²) in [7, 11) is 0. The van der Waals surface area contributed by atoms with Crippen molar-refractivity contribution < 1.29 is 4.39 Å². The zero-order chi connectivity index (χ0) is 9.26. The van der Waals surface area contributed by atoms with E-state index in [4.69, 9.17) is 5.73 Å². The summed E-state index contributed by atoms with van der Waals surface area (Å²) in [5, 5.41) is 7.37. The van der Waals surface area contributed by atoms with Gasteiger partial charge >= 0.3 is 0 Å². The number of nitrogens with zero attached hydrogens (tertiary/aromatic N) is 3. The second kappa shape index (κ2) is 4.06. The molecule has 2 aromatic rings. The summed E-state index contributed by atoms with van der Waals surface area (Å²) in [5.41, 5.74) is 6.19. The van der Waals surface area contributed by atoms with Crippen LogP contribution in [0.1, 0.15) is 0 Å². The molecule has 1 aromatic heterocycles. The van der Waals surface area contributed by atoms with Crippen molar-refractivity contribution in [2.45, 2.75) is 0 Å². The molecule has 0 saturated carbocycles. The largest absolute Gasteiger partial charge is 0.396 e. The summed E-state index contributed by atoms with van der Waals surface area (Å²) < 4.78 is 14.3. The predicted octanol–water partition coefficient (Wildman–Crippen LogP) is 1.41. The van der Waals surface area contributed by atoms with Gasteiger partial charge in [-0.2, -0.15) is 0 Å². The Balaban J connectivity index is 0.000000980. The van der Waals surface area contributed by atoms with Crippen molar-refractivity contribution in [2.24, 2.45) is 0 Å². The average molecular weight is 215 g/mol. The first-order chi connectivity index (χ1) is 6.27. The van der Waals surface area contributed by atoms with Crippen molar-refractivity contribution in [1.29, 1.82) is 0 Å². The normalized spacial score (nSPS) is 9.50. The smallest absolute Gasteiger partial charge is 0.146 e. The maximum Gasteiger partial charge on any atom is 0.146 e. The van der Waals surface area contributed by atoms with Crippen LogP contribution < -0.4 is 5.73 Å². The topological polar surface area (TPSA) is 56.7 Å². The summed E-state index contributed by atoms with van der Waals surface area (Å²) >= 11 is 0. The molecule has 0 aliphatic rings. The number of nitrogens with two attached hydrogens (primary N) is 1. The SMILES string of the molecule is Cl.Nc1cc(-n2ccnn2)ccc1F. The van der Waals surface area contributed by atoms with Gasteiger partial charge in [-0.1, -0.05) is 5.21 Å². The van der Waals surface area contributed by atoms with Gasteiger partial charge in [0.2, 0.25) is 0 Å². The molecule has 0 aliphatic heterocycles. The van der Waals surface area contributed by atoms with Crippen LogP contribution >= 0.6 is 12.4 Å². The average Bonchev–Trinajstić information content (AvgIpc) is 2.62. The van der Waals surface area contributed by atoms with Gasteiger partial charge in [-0.3, -0.25) is 0 Å². The summed E-state index contributed by atoms with van der Waals surface area (Å²) in [5.74, 6) is -0.427. The van der Waals surface area contributed by atoms with Gasteiger partial charge in [0, 0.05) is 0 Å². The Kier molecular flexibility index (Phi) is 3.03.